The summed E-state index contributed by atoms with van der Waals surface area (Å²) in [6.45, 7) is -0.815. The summed E-state index contributed by atoms with van der Waals surface area (Å²) in [4.78, 5) is 0. The van der Waals surface area contributed by atoms with Crippen molar-refractivity contribution in [3.63, 3.8) is 0 Å². The zero-order valence-electron chi connectivity index (χ0n) is 7.78. The summed E-state index contributed by atoms with van der Waals surface area (Å²) in [7, 11) is 0. The van der Waals surface area contributed by atoms with Gasteiger partial charge in [0.15, 0.2) is 0 Å². The van der Waals surface area contributed by atoms with E-state index in [1.54, 1.807) is 0 Å². The van der Waals surface area contributed by atoms with Crippen molar-refractivity contribution < 1.29 is 26.3 Å². The Balaban J connectivity index is 3.45. The molecule has 1 nitrogen and oxygen atoms in total. The summed E-state index contributed by atoms with van der Waals surface area (Å²) in [5.74, 6) is 0. The maximum absolute atomic E-state index is 12.4. The van der Waals surface area contributed by atoms with Gasteiger partial charge in [0.1, 0.15) is 0 Å². The van der Waals surface area contributed by atoms with E-state index in [-0.39, 0.29) is 0 Å². The minimum atomic E-state index is -4.84. The predicted molar refractivity (Wildman–Crippen MR) is 44.3 cm³/mol. The molecule has 16 heavy (non-hydrogen) atoms. The molecular weight excluding hydrogens is 236 g/mol. The molecule has 0 unspecified atom stereocenters. The molecule has 0 aliphatic heterocycles. The van der Waals surface area contributed by atoms with Gasteiger partial charge in [0.05, 0.1) is 11.1 Å². The first-order valence-electron chi connectivity index (χ1n) is 4.14. The molecule has 0 aliphatic rings. The molecule has 7 heteroatoms. The molecule has 1 aromatic rings. The number of nitrogens with two attached hydrogens (primary N) is 1. The van der Waals surface area contributed by atoms with Gasteiger partial charge < -0.3 is 5.73 Å². The molecule has 0 saturated carbocycles. The first-order valence-corrected chi connectivity index (χ1v) is 4.14. The molecule has 0 amide bonds. The third kappa shape index (κ3) is 2.46. The van der Waals surface area contributed by atoms with Gasteiger partial charge in [-0.3, -0.25) is 0 Å². The number of rotatable bonds is 1. The fraction of sp³-hybridized carbons (Fsp3) is 0.333. The van der Waals surface area contributed by atoms with E-state index in [0.29, 0.717) is 18.2 Å². The van der Waals surface area contributed by atoms with Crippen LogP contribution in [0, 0.1) is 0 Å². The molecule has 0 heterocycles. The quantitative estimate of drug-likeness (QED) is 0.753. The summed E-state index contributed by atoms with van der Waals surface area (Å²) < 4.78 is 74.3. The molecule has 0 saturated heterocycles. The van der Waals surface area contributed by atoms with Crippen molar-refractivity contribution in [2.75, 3.05) is 0 Å². The summed E-state index contributed by atoms with van der Waals surface area (Å²) in [5.41, 5.74) is 1.33. The Morgan fingerprint density at radius 1 is 0.875 bits per heavy atom. The van der Waals surface area contributed by atoms with E-state index < -0.39 is 35.6 Å². The Morgan fingerprint density at radius 2 is 1.25 bits per heavy atom. The highest BCUT2D eigenvalue weighted by Gasteiger charge is 2.39. The van der Waals surface area contributed by atoms with E-state index in [1.165, 1.54) is 0 Å². The Hall–Kier alpha value is -1.24. The first-order chi connectivity index (χ1) is 7.18. The molecule has 1 aromatic carbocycles. The van der Waals surface area contributed by atoms with E-state index in [1.807, 2.05) is 0 Å². The highest BCUT2D eigenvalue weighted by molar-refractivity contribution is 5.38. The lowest BCUT2D eigenvalue weighted by Crippen LogP contribution is -2.18. The van der Waals surface area contributed by atoms with Crippen LogP contribution in [0.15, 0.2) is 18.2 Å². The average Bonchev–Trinajstić information content (AvgIpc) is 2.13. The van der Waals surface area contributed by atoms with E-state index in [4.69, 9.17) is 5.73 Å². The summed E-state index contributed by atoms with van der Waals surface area (Å²) in [6, 6.07) is 1.87. The second-order valence-corrected chi connectivity index (χ2v) is 3.03. The number of halogens is 6. The molecule has 0 bridgehead atoms. The Bertz CT molecular complexity index is 346. The van der Waals surface area contributed by atoms with Crippen LogP contribution >= 0.6 is 0 Å². The third-order valence-corrected chi connectivity index (χ3v) is 1.99. The monoisotopic (exact) mass is 243 g/mol. The van der Waals surface area contributed by atoms with Gasteiger partial charge in [-0.05, 0) is 17.7 Å². The number of hydrogen-bond acceptors (Lipinski definition) is 1. The van der Waals surface area contributed by atoms with Crippen molar-refractivity contribution in [2.24, 2.45) is 5.73 Å². The number of hydrogen-bond donors (Lipinski definition) is 1. The van der Waals surface area contributed by atoms with Gasteiger partial charge in [0, 0.05) is 6.54 Å². The third-order valence-electron chi connectivity index (χ3n) is 1.99. The molecule has 0 fully saturated rings. The molecule has 2 N–H and O–H groups in total. The van der Waals surface area contributed by atoms with Gasteiger partial charge in [-0.2, -0.15) is 26.3 Å². The van der Waals surface area contributed by atoms with Gasteiger partial charge in [-0.25, -0.2) is 0 Å². The van der Waals surface area contributed by atoms with Crippen molar-refractivity contribution >= 4 is 0 Å². The Kier molecular flexibility index (Phi) is 3.18. The zero-order chi connectivity index (χ0) is 12.6. The molecule has 0 aromatic heterocycles. The Labute approximate surface area is 86.9 Å². The summed E-state index contributed by atoms with van der Waals surface area (Å²) >= 11 is 0. The molecule has 0 atom stereocenters. The fourth-order valence-corrected chi connectivity index (χ4v) is 1.34. The maximum Gasteiger partial charge on any atom is 0.416 e. The molecule has 90 valence electrons. The van der Waals surface area contributed by atoms with Gasteiger partial charge in [0.25, 0.3) is 0 Å². The topological polar surface area (TPSA) is 26.0 Å². The van der Waals surface area contributed by atoms with E-state index in [2.05, 4.69) is 0 Å². The standard InChI is InChI=1S/C9H7F6N/c10-8(11,12)6-2-1-3-7(5(6)4-16)9(13,14)15/h1-3H,4,16H2. The maximum atomic E-state index is 12.4. The predicted octanol–water partition coefficient (Wildman–Crippen LogP) is 3.18. The fourth-order valence-electron chi connectivity index (χ4n) is 1.34. The highest BCUT2D eigenvalue weighted by Crippen LogP contribution is 2.38. The second-order valence-electron chi connectivity index (χ2n) is 3.03. The van der Waals surface area contributed by atoms with Gasteiger partial charge in [-0.1, -0.05) is 6.07 Å². The van der Waals surface area contributed by atoms with Crippen LogP contribution in [0.2, 0.25) is 0 Å². The zero-order valence-corrected chi connectivity index (χ0v) is 7.78. The molecule has 0 spiro atoms. The first kappa shape index (κ1) is 12.8. The largest absolute Gasteiger partial charge is 0.416 e. The van der Waals surface area contributed by atoms with Crippen molar-refractivity contribution in [3.05, 3.63) is 34.9 Å². The SMILES string of the molecule is NCc1c(C(F)(F)F)cccc1C(F)(F)F. The lowest BCUT2D eigenvalue weighted by Gasteiger charge is -2.17. The van der Waals surface area contributed by atoms with E-state index >= 15 is 0 Å². The molecule has 1 rings (SSSR count). The summed E-state index contributed by atoms with van der Waals surface area (Å²) in [5, 5.41) is 0. The van der Waals surface area contributed by atoms with Crippen molar-refractivity contribution in [3.8, 4) is 0 Å². The van der Waals surface area contributed by atoms with E-state index in [9.17, 15) is 26.3 Å². The minimum absolute atomic E-state index is 0.581. The van der Waals surface area contributed by atoms with Gasteiger partial charge in [-0.15, -0.1) is 0 Å². The Morgan fingerprint density at radius 3 is 1.50 bits per heavy atom. The van der Waals surface area contributed by atoms with Crippen LogP contribution in [-0.2, 0) is 18.9 Å². The molecule has 0 aliphatic carbocycles. The highest BCUT2D eigenvalue weighted by atomic mass is 19.4. The van der Waals surface area contributed by atoms with E-state index in [0.717, 1.165) is 0 Å². The lowest BCUT2D eigenvalue weighted by atomic mass is 10.0. The van der Waals surface area contributed by atoms with Crippen LogP contribution in [0.5, 0.6) is 0 Å². The van der Waals surface area contributed by atoms with Crippen LogP contribution in [0.4, 0.5) is 26.3 Å². The lowest BCUT2D eigenvalue weighted by molar-refractivity contribution is -0.144. The second kappa shape index (κ2) is 3.97. The summed E-state index contributed by atoms with van der Waals surface area (Å²) in [6.07, 6.45) is -9.67. The van der Waals surface area contributed by atoms with Crippen molar-refractivity contribution in [1.82, 2.24) is 0 Å². The molecular formula is C9H7F6N. The van der Waals surface area contributed by atoms with Crippen LogP contribution in [0.3, 0.4) is 0 Å². The smallest absolute Gasteiger partial charge is 0.326 e. The number of benzene rings is 1. The minimum Gasteiger partial charge on any atom is -0.326 e. The van der Waals surface area contributed by atoms with Crippen LogP contribution in [0.25, 0.3) is 0 Å². The average molecular weight is 243 g/mol. The normalized spacial score (nSPS) is 12.9. The molecule has 0 radical (unpaired) electrons. The van der Waals surface area contributed by atoms with Crippen molar-refractivity contribution in [1.29, 1.82) is 0 Å². The van der Waals surface area contributed by atoms with Gasteiger partial charge in [0.2, 0.25) is 0 Å². The van der Waals surface area contributed by atoms with Crippen LogP contribution < -0.4 is 5.73 Å². The van der Waals surface area contributed by atoms with Crippen molar-refractivity contribution in [2.45, 2.75) is 18.9 Å². The van der Waals surface area contributed by atoms with Gasteiger partial charge >= 0.3 is 12.4 Å². The van der Waals surface area contributed by atoms with Crippen LogP contribution in [-0.4, -0.2) is 0 Å². The van der Waals surface area contributed by atoms with Crippen LogP contribution in [0.1, 0.15) is 16.7 Å². The number of alkyl halides is 6.